The Morgan fingerprint density at radius 3 is 2.92 bits per heavy atom. The normalized spacial score (nSPS) is 10.4. The van der Waals surface area contributed by atoms with Crippen molar-refractivity contribution in [2.45, 2.75) is 13.3 Å². The largest absolute Gasteiger partial charge is 0.241 e. The number of nitrogens with zero attached hydrogens (tertiary/aromatic N) is 1. The van der Waals surface area contributed by atoms with Crippen molar-refractivity contribution in [3.05, 3.63) is 27.2 Å². The molecule has 2 aromatic rings. The predicted octanol–water partition coefficient (Wildman–Crippen LogP) is 3.43. The highest BCUT2D eigenvalue weighted by Gasteiger charge is 2.02. The first-order valence-electron chi connectivity index (χ1n) is 3.87. The van der Waals surface area contributed by atoms with Crippen LogP contribution in [0.2, 0.25) is 0 Å². The molecule has 3 heteroatoms. The molecular formula is C9H9NS2. The van der Waals surface area contributed by atoms with Gasteiger partial charge in [-0.3, -0.25) is 0 Å². The summed E-state index contributed by atoms with van der Waals surface area (Å²) in [6.45, 7) is 2.14. The van der Waals surface area contributed by atoms with E-state index < -0.39 is 0 Å². The van der Waals surface area contributed by atoms with E-state index in [4.69, 9.17) is 0 Å². The van der Waals surface area contributed by atoms with Crippen LogP contribution in [-0.2, 0) is 6.42 Å². The molecule has 0 bridgehead atoms. The van der Waals surface area contributed by atoms with E-state index >= 15 is 0 Å². The van der Waals surface area contributed by atoms with Crippen LogP contribution in [0, 0.1) is 0 Å². The molecule has 2 aromatic heterocycles. The van der Waals surface area contributed by atoms with Crippen molar-refractivity contribution in [3.63, 3.8) is 0 Å². The van der Waals surface area contributed by atoms with E-state index in [0.717, 1.165) is 12.1 Å². The van der Waals surface area contributed by atoms with Gasteiger partial charge in [0.2, 0.25) is 0 Å². The summed E-state index contributed by atoms with van der Waals surface area (Å²) in [6.07, 6.45) is 1.04. The molecule has 0 fully saturated rings. The first kappa shape index (κ1) is 7.95. The minimum atomic E-state index is 1.04. The molecule has 0 spiro atoms. The molecule has 0 aromatic carbocycles. The fraction of sp³-hybridized carbons (Fsp3) is 0.222. The van der Waals surface area contributed by atoms with E-state index in [9.17, 15) is 0 Å². The SMILES string of the molecule is CCc1nc(-c2ccsc2)cs1. The molecule has 1 nitrogen and oxygen atoms in total. The zero-order valence-electron chi connectivity index (χ0n) is 6.78. The lowest BCUT2D eigenvalue weighted by Gasteiger charge is -1.87. The minimum Gasteiger partial charge on any atom is -0.241 e. The topological polar surface area (TPSA) is 12.9 Å². The fourth-order valence-corrected chi connectivity index (χ4v) is 2.42. The Balaban J connectivity index is 2.35. The molecule has 0 aliphatic heterocycles. The second kappa shape index (κ2) is 3.37. The molecule has 12 heavy (non-hydrogen) atoms. The van der Waals surface area contributed by atoms with E-state index in [0.29, 0.717) is 0 Å². The van der Waals surface area contributed by atoms with Crippen LogP contribution in [0.25, 0.3) is 11.3 Å². The van der Waals surface area contributed by atoms with Crippen molar-refractivity contribution in [2.75, 3.05) is 0 Å². The molecular weight excluding hydrogens is 186 g/mol. The van der Waals surface area contributed by atoms with Gasteiger partial charge in [0.05, 0.1) is 10.7 Å². The molecule has 0 N–H and O–H groups in total. The van der Waals surface area contributed by atoms with Gasteiger partial charge in [-0.1, -0.05) is 6.92 Å². The second-order valence-corrected chi connectivity index (χ2v) is 4.21. The van der Waals surface area contributed by atoms with Crippen LogP contribution in [0.4, 0.5) is 0 Å². The third-order valence-electron chi connectivity index (χ3n) is 1.67. The van der Waals surface area contributed by atoms with Gasteiger partial charge in [0.1, 0.15) is 0 Å². The smallest absolute Gasteiger partial charge is 0.0929 e. The van der Waals surface area contributed by atoms with Gasteiger partial charge in [0.25, 0.3) is 0 Å². The maximum Gasteiger partial charge on any atom is 0.0929 e. The molecule has 0 amide bonds. The lowest BCUT2D eigenvalue weighted by Crippen LogP contribution is -1.77. The van der Waals surface area contributed by atoms with Crippen LogP contribution in [-0.4, -0.2) is 4.98 Å². The number of hydrogen-bond acceptors (Lipinski definition) is 3. The number of hydrogen-bond donors (Lipinski definition) is 0. The van der Waals surface area contributed by atoms with Gasteiger partial charge >= 0.3 is 0 Å². The third-order valence-corrected chi connectivity index (χ3v) is 3.35. The van der Waals surface area contributed by atoms with Crippen LogP contribution in [0.5, 0.6) is 0 Å². The van der Waals surface area contributed by atoms with Crippen LogP contribution in [0.15, 0.2) is 22.2 Å². The van der Waals surface area contributed by atoms with Crippen molar-refractivity contribution >= 4 is 22.7 Å². The van der Waals surface area contributed by atoms with Crippen molar-refractivity contribution in [3.8, 4) is 11.3 Å². The van der Waals surface area contributed by atoms with Gasteiger partial charge < -0.3 is 0 Å². The van der Waals surface area contributed by atoms with Crippen LogP contribution in [0.3, 0.4) is 0 Å². The lowest BCUT2D eigenvalue weighted by molar-refractivity contribution is 1.10. The number of thiophene rings is 1. The predicted molar refractivity (Wildman–Crippen MR) is 54.8 cm³/mol. The first-order valence-corrected chi connectivity index (χ1v) is 5.69. The molecule has 0 aliphatic rings. The average molecular weight is 195 g/mol. The molecule has 0 saturated heterocycles. The van der Waals surface area contributed by atoms with Gasteiger partial charge in [-0.2, -0.15) is 11.3 Å². The summed E-state index contributed by atoms with van der Waals surface area (Å²) in [7, 11) is 0. The van der Waals surface area contributed by atoms with Gasteiger partial charge in [0, 0.05) is 16.3 Å². The van der Waals surface area contributed by atoms with Crippen molar-refractivity contribution in [2.24, 2.45) is 0 Å². The van der Waals surface area contributed by atoms with Crippen LogP contribution >= 0.6 is 22.7 Å². The van der Waals surface area contributed by atoms with Gasteiger partial charge in [0.15, 0.2) is 0 Å². The van der Waals surface area contributed by atoms with Crippen molar-refractivity contribution < 1.29 is 0 Å². The highest BCUT2D eigenvalue weighted by Crippen LogP contribution is 2.23. The van der Waals surface area contributed by atoms with Gasteiger partial charge in [-0.15, -0.1) is 11.3 Å². The summed E-state index contributed by atoms with van der Waals surface area (Å²) < 4.78 is 0. The molecule has 0 atom stereocenters. The summed E-state index contributed by atoms with van der Waals surface area (Å²) in [6, 6.07) is 2.11. The lowest BCUT2D eigenvalue weighted by atomic mass is 10.3. The zero-order valence-corrected chi connectivity index (χ0v) is 8.41. The van der Waals surface area contributed by atoms with Crippen LogP contribution in [0.1, 0.15) is 11.9 Å². The Labute approximate surface area is 79.7 Å². The Bertz CT molecular complexity index is 348. The molecule has 2 rings (SSSR count). The van der Waals surface area contributed by atoms with Crippen molar-refractivity contribution in [1.29, 1.82) is 0 Å². The molecule has 0 radical (unpaired) electrons. The summed E-state index contributed by atoms with van der Waals surface area (Å²) in [5, 5.41) is 7.56. The molecule has 0 unspecified atom stereocenters. The Morgan fingerprint density at radius 2 is 2.33 bits per heavy atom. The van der Waals surface area contributed by atoms with E-state index in [1.54, 1.807) is 22.7 Å². The Morgan fingerprint density at radius 1 is 1.42 bits per heavy atom. The number of thiazole rings is 1. The van der Waals surface area contributed by atoms with Crippen LogP contribution < -0.4 is 0 Å². The standard InChI is InChI=1S/C9H9NS2/c1-2-9-10-8(6-12-9)7-3-4-11-5-7/h3-6H,2H2,1H3. The van der Waals surface area contributed by atoms with E-state index in [2.05, 4.69) is 34.1 Å². The number of aromatic nitrogens is 1. The molecule has 2 heterocycles. The Kier molecular flexibility index (Phi) is 2.23. The molecule has 0 aliphatic carbocycles. The number of rotatable bonds is 2. The summed E-state index contributed by atoms with van der Waals surface area (Å²) in [4.78, 5) is 4.50. The Hall–Kier alpha value is -0.670. The second-order valence-electron chi connectivity index (χ2n) is 2.49. The summed E-state index contributed by atoms with van der Waals surface area (Å²) in [5.74, 6) is 0. The fourth-order valence-electron chi connectivity index (χ4n) is 1.02. The number of aryl methyl sites for hydroxylation is 1. The highest BCUT2D eigenvalue weighted by atomic mass is 32.1. The van der Waals surface area contributed by atoms with Gasteiger partial charge in [-0.25, -0.2) is 4.98 Å². The maximum atomic E-state index is 4.50. The molecule has 0 saturated carbocycles. The summed E-state index contributed by atoms with van der Waals surface area (Å²) in [5.41, 5.74) is 2.37. The van der Waals surface area contributed by atoms with E-state index in [1.165, 1.54) is 10.6 Å². The first-order chi connectivity index (χ1) is 5.90. The van der Waals surface area contributed by atoms with E-state index in [-0.39, 0.29) is 0 Å². The summed E-state index contributed by atoms with van der Waals surface area (Å²) >= 11 is 3.46. The average Bonchev–Trinajstić information content (AvgIpc) is 2.75. The van der Waals surface area contributed by atoms with Crippen molar-refractivity contribution in [1.82, 2.24) is 4.98 Å². The van der Waals surface area contributed by atoms with E-state index in [1.807, 2.05) is 0 Å². The third kappa shape index (κ3) is 1.42. The van der Waals surface area contributed by atoms with Gasteiger partial charge in [-0.05, 0) is 17.9 Å². The zero-order chi connectivity index (χ0) is 8.39. The minimum absolute atomic E-state index is 1.04. The quantitative estimate of drug-likeness (QED) is 0.715. The molecule has 62 valence electrons. The monoisotopic (exact) mass is 195 g/mol. The highest BCUT2D eigenvalue weighted by molar-refractivity contribution is 7.10. The maximum absolute atomic E-state index is 4.50.